The van der Waals surface area contributed by atoms with Crippen molar-refractivity contribution in [3.8, 4) is 5.75 Å². The van der Waals surface area contributed by atoms with Gasteiger partial charge in [0.15, 0.2) is 0 Å². The number of nitrogens with one attached hydrogen (secondary N) is 1. The first-order chi connectivity index (χ1) is 10.5. The van der Waals surface area contributed by atoms with E-state index in [0.717, 1.165) is 16.9 Å². The second-order valence-electron chi connectivity index (χ2n) is 5.00. The molecule has 0 spiro atoms. The molecule has 0 saturated carbocycles. The Morgan fingerprint density at radius 3 is 3.00 bits per heavy atom. The molecule has 0 atom stereocenters. The Kier molecular flexibility index (Phi) is 5.13. The van der Waals surface area contributed by atoms with Gasteiger partial charge < -0.3 is 15.0 Å². The highest BCUT2D eigenvalue weighted by Gasteiger charge is 2.07. The van der Waals surface area contributed by atoms with Gasteiger partial charge in [-0.1, -0.05) is 0 Å². The van der Waals surface area contributed by atoms with Crippen molar-refractivity contribution in [3.63, 3.8) is 0 Å². The third kappa shape index (κ3) is 4.62. The molecule has 0 saturated heterocycles. The second kappa shape index (κ2) is 7.26. The fourth-order valence-corrected chi connectivity index (χ4v) is 1.92. The Morgan fingerprint density at radius 1 is 1.55 bits per heavy atom. The third-order valence-electron chi connectivity index (χ3n) is 2.75. The summed E-state index contributed by atoms with van der Waals surface area (Å²) in [5.74, 6) is 0.809. The van der Waals surface area contributed by atoms with Gasteiger partial charge in [-0.25, -0.2) is 15.2 Å². The van der Waals surface area contributed by atoms with Crippen LogP contribution in [0.2, 0.25) is 0 Å². The van der Waals surface area contributed by atoms with E-state index in [1.165, 1.54) is 6.21 Å². The molecule has 0 fully saturated rings. The number of carbonyl (C=O) groups is 1. The molecule has 0 bridgehead atoms. The molecule has 0 aliphatic heterocycles. The smallest absolute Gasteiger partial charge is 0.332 e. The number of amides is 2. The molecular weight excluding hydrogens is 282 g/mol. The van der Waals surface area contributed by atoms with Crippen molar-refractivity contribution in [2.75, 3.05) is 0 Å². The summed E-state index contributed by atoms with van der Waals surface area (Å²) in [6, 6.07) is 5.00. The third-order valence-corrected chi connectivity index (χ3v) is 2.75. The predicted molar refractivity (Wildman–Crippen MR) is 83.8 cm³/mol. The number of rotatable bonds is 6. The summed E-state index contributed by atoms with van der Waals surface area (Å²) in [5, 5.41) is 3.76. The second-order valence-corrected chi connectivity index (χ2v) is 5.00. The van der Waals surface area contributed by atoms with Crippen molar-refractivity contribution in [3.05, 3.63) is 48.0 Å². The van der Waals surface area contributed by atoms with Crippen LogP contribution in [0.4, 0.5) is 4.79 Å². The fraction of sp³-hybridized carbons (Fsp3) is 0.267. The summed E-state index contributed by atoms with van der Waals surface area (Å²) >= 11 is 0. The van der Waals surface area contributed by atoms with Crippen molar-refractivity contribution in [2.45, 2.75) is 26.5 Å². The first-order valence-corrected chi connectivity index (χ1v) is 6.88. The van der Waals surface area contributed by atoms with Crippen LogP contribution in [0, 0.1) is 0 Å². The molecule has 1 aromatic carbocycles. The number of aromatic nitrogens is 2. The van der Waals surface area contributed by atoms with Gasteiger partial charge in [0.2, 0.25) is 0 Å². The number of imidazole rings is 1. The number of hydrogen-bond acceptors (Lipinski definition) is 4. The molecule has 1 heterocycles. The van der Waals surface area contributed by atoms with E-state index in [9.17, 15) is 4.79 Å². The Balaban J connectivity index is 2.23. The van der Waals surface area contributed by atoms with Gasteiger partial charge in [-0.05, 0) is 37.6 Å². The average molecular weight is 301 g/mol. The van der Waals surface area contributed by atoms with Crippen LogP contribution in [-0.2, 0) is 6.54 Å². The van der Waals surface area contributed by atoms with Gasteiger partial charge in [-0.3, -0.25) is 0 Å². The number of carbonyl (C=O) groups excluding carboxylic acids is 1. The van der Waals surface area contributed by atoms with E-state index >= 15 is 0 Å². The molecule has 7 heteroatoms. The summed E-state index contributed by atoms with van der Waals surface area (Å²) in [6.07, 6.45) is 6.97. The van der Waals surface area contributed by atoms with E-state index in [4.69, 9.17) is 10.5 Å². The van der Waals surface area contributed by atoms with E-state index < -0.39 is 6.03 Å². The molecule has 2 amide bonds. The average Bonchev–Trinajstić information content (AvgIpc) is 2.93. The van der Waals surface area contributed by atoms with Crippen LogP contribution in [0.5, 0.6) is 5.75 Å². The summed E-state index contributed by atoms with van der Waals surface area (Å²) in [5.41, 5.74) is 8.96. The number of primary amides is 1. The van der Waals surface area contributed by atoms with Crippen LogP contribution < -0.4 is 15.9 Å². The normalized spacial score (nSPS) is 11.0. The lowest BCUT2D eigenvalue weighted by Crippen LogP contribution is -2.24. The van der Waals surface area contributed by atoms with Gasteiger partial charge in [0.25, 0.3) is 0 Å². The number of benzene rings is 1. The van der Waals surface area contributed by atoms with E-state index in [2.05, 4.69) is 15.5 Å². The monoisotopic (exact) mass is 301 g/mol. The fourth-order valence-electron chi connectivity index (χ4n) is 1.92. The van der Waals surface area contributed by atoms with Crippen molar-refractivity contribution >= 4 is 12.2 Å². The molecule has 0 aliphatic carbocycles. The maximum absolute atomic E-state index is 10.6. The minimum Gasteiger partial charge on any atom is -0.491 e. The van der Waals surface area contributed by atoms with Crippen molar-refractivity contribution in [1.82, 2.24) is 15.0 Å². The Morgan fingerprint density at radius 2 is 2.36 bits per heavy atom. The summed E-state index contributed by atoms with van der Waals surface area (Å²) < 4.78 is 7.77. The number of urea groups is 1. The molecule has 22 heavy (non-hydrogen) atoms. The topological polar surface area (TPSA) is 94.5 Å². The van der Waals surface area contributed by atoms with Gasteiger partial charge in [0, 0.05) is 18.0 Å². The number of nitrogens with zero attached hydrogens (tertiary/aromatic N) is 3. The van der Waals surface area contributed by atoms with Crippen LogP contribution >= 0.6 is 0 Å². The Hall–Kier alpha value is -2.83. The maximum Gasteiger partial charge on any atom is 0.332 e. The van der Waals surface area contributed by atoms with Crippen LogP contribution in [0.1, 0.15) is 25.0 Å². The molecule has 0 unspecified atom stereocenters. The summed E-state index contributed by atoms with van der Waals surface area (Å²) in [7, 11) is 0. The largest absolute Gasteiger partial charge is 0.491 e. The minimum absolute atomic E-state index is 0.0811. The van der Waals surface area contributed by atoms with Gasteiger partial charge in [0.05, 0.1) is 25.2 Å². The van der Waals surface area contributed by atoms with Crippen LogP contribution in [0.25, 0.3) is 0 Å². The summed E-state index contributed by atoms with van der Waals surface area (Å²) in [4.78, 5) is 14.6. The lowest BCUT2D eigenvalue weighted by Gasteiger charge is -2.15. The standard InChI is InChI=1S/C15H19N5O2/c1-11(2)22-14-4-3-12(8-18-19-15(16)21)7-13(14)9-20-6-5-17-10-20/h3-8,10-11H,9H2,1-2H3,(H3,16,19,21). The lowest BCUT2D eigenvalue weighted by molar-refractivity contribution is 0.239. The zero-order chi connectivity index (χ0) is 15.9. The Bertz CT molecular complexity index is 650. The first-order valence-electron chi connectivity index (χ1n) is 6.88. The van der Waals surface area contributed by atoms with Crippen LogP contribution in [0.3, 0.4) is 0 Å². The van der Waals surface area contributed by atoms with Gasteiger partial charge in [-0.2, -0.15) is 5.10 Å². The highest BCUT2D eigenvalue weighted by Crippen LogP contribution is 2.22. The van der Waals surface area contributed by atoms with Crippen molar-refractivity contribution in [2.24, 2.45) is 10.8 Å². The zero-order valence-electron chi connectivity index (χ0n) is 12.6. The molecule has 3 N–H and O–H groups in total. The van der Waals surface area contributed by atoms with Gasteiger partial charge in [-0.15, -0.1) is 0 Å². The van der Waals surface area contributed by atoms with E-state index in [1.807, 2.05) is 42.8 Å². The molecule has 7 nitrogen and oxygen atoms in total. The van der Waals surface area contributed by atoms with E-state index in [1.54, 1.807) is 12.5 Å². The number of ether oxygens (including phenoxy) is 1. The number of hydrogen-bond donors (Lipinski definition) is 2. The highest BCUT2D eigenvalue weighted by molar-refractivity contribution is 5.82. The van der Waals surface area contributed by atoms with Crippen molar-refractivity contribution < 1.29 is 9.53 Å². The van der Waals surface area contributed by atoms with E-state index in [0.29, 0.717) is 6.54 Å². The van der Waals surface area contributed by atoms with Gasteiger partial charge >= 0.3 is 6.03 Å². The van der Waals surface area contributed by atoms with Crippen LogP contribution in [-0.4, -0.2) is 27.9 Å². The Labute approximate surface area is 128 Å². The zero-order valence-corrected chi connectivity index (χ0v) is 12.6. The quantitative estimate of drug-likeness (QED) is 0.628. The lowest BCUT2D eigenvalue weighted by atomic mass is 10.1. The van der Waals surface area contributed by atoms with Crippen molar-refractivity contribution in [1.29, 1.82) is 0 Å². The van der Waals surface area contributed by atoms with E-state index in [-0.39, 0.29) is 6.10 Å². The predicted octanol–water partition coefficient (Wildman–Crippen LogP) is 1.72. The van der Waals surface area contributed by atoms with Crippen LogP contribution in [0.15, 0.2) is 42.0 Å². The summed E-state index contributed by atoms with van der Waals surface area (Å²) in [6.45, 7) is 4.59. The van der Waals surface area contributed by atoms with Gasteiger partial charge in [0.1, 0.15) is 5.75 Å². The number of nitrogens with two attached hydrogens (primary N) is 1. The molecule has 116 valence electrons. The molecule has 0 aliphatic rings. The molecule has 0 radical (unpaired) electrons. The highest BCUT2D eigenvalue weighted by atomic mass is 16.5. The molecular formula is C15H19N5O2. The molecule has 2 aromatic rings. The minimum atomic E-state index is -0.699. The SMILES string of the molecule is CC(C)Oc1ccc(C=NNC(N)=O)cc1Cn1ccnc1. The maximum atomic E-state index is 10.6. The number of hydrazone groups is 1. The molecule has 2 rings (SSSR count). The first kappa shape index (κ1) is 15.6. The molecule has 1 aromatic heterocycles.